The Balaban J connectivity index is 2.88. The second-order valence-electron chi connectivity index (χ2n) is 4.67. The number of hydrogen-bond donors (Lipinski definition) is 4. The molecule has 0 radical (unpaired) electrons. The number of carboxylic acid groups (broad SMARTS) is 1. The Bertz CT molecular complexity index is 484. The van der Waals surface area contributed by atoms with Crippen LogP contribution in [0.2, 0.25) is 0 Å². The van der Waals surface area contributed by atoms with Gasteiger partial charge < -0.3 is 20.6 Å². The van der Waals surface area contributed by atoms with Gasteiger partial charge in [-0.3, -0.25) is 4.79 Å². The second kappa shape index (κ2) is 6.08. The SMILES string of the molecule is CC(C)C[C@H](NC(=O)c1cccc(O)c1O)C(=O)O. The number of benzene rings is 1. The monoisotopic (exact) mass is 267 g/mol. The second-order valence-corrected chi connectivity index (χ2v) is 4.67. The van der Waals surface area contributed by atoms with E-state index in [1.807, 2.05) is 13.8 Å². The molecule has 0 heterocycles. The summed E-state index contributed by atoms with van der Waals surface area (Å²) in [5.41, 5.74) is -0.157. The lowest BCUT2D eigenvalue weighted by Crippen LogP contribution is -2.41. The number of carbonyl (C=O) groups excluding carboxylic acids is 1. The van der Waals surface area contributed by atoms with Crippen LogP contribution in [0.1, 0.15) is 30.6 Å². The number of amides is 1. The van der Waals surface area contributed by atoms with Crippen LogP contribution in [0.25, 0.3) is 0 Å². The van der Waals surface area contributed by atoms with Crippen LogP contribution < -0.4 is 5.32 Å². The molecule has 0 aliphatic heterocycles. The number of hydrogen-bond acceptors (Lipinski definition) is 4. The number of aromatic hydroxyl groups is 2. The fourth-order valence-electron chi connectivity index (χ4n) is 1.64. The van der Waals surface area contributed by atoms with Gasteiger partial charge in [0.15, 0.2) is 11.5 Å². The Morgan fingerprint density at radius 1 is 1.26 bits per heavy atom. The van der Waals surface area contributed by atoms with Crippen LogP contribution >= 0.6 is 0 Å². The van der Waals surface area contributed by atoms with Crippen molar-refractivity contribution in [1.82, 2.24) is 5.32 Å². The van der Waals surface area contributed by atoms with E-state index in [0.29, 0.717) is 0 Å². The summed E-state index contributed by atoms with van der Waals surface area (Å²) in [5, 5.41) is 30.2. The molecule has 0 aliphatic rings. The van der Waals surface area contributed by atoms with Gasteiger partial charge in [-0.2, -0.15) is 0 Å². The molecule has 104 valence electrons. The van der Waals surface area contributed by atoms with E-state index >= 15 is 0 Å². The molecule has 0 saturated heterocycles. The molecular formula is C13H17NO5. The van der Waals surface area contributed by atoms with E-state index in [9.17, 15) is 19.8 Å². The summed E-state index contributed by atoms with van der Waals surface area (Å²) in [6, 6.07) is 2.89. The molecule has 0 unspecified atom stereocenters. The maximum Gasteiger partial charge on any atom is 0.326 e. The summed E-state index contributed by atoms with van der Waals surface area (Å²) >= 11 is 0. The third-order valence-corrected chi connectivity index (χ3v) is 2.57. The van der Waals surface area contributed by atoms with E-state index in [-0.39, 0.29) is 17.9 Å². The molecule has 6 heteroatoms. The Kier molecular flexibility index (Phi) is 4.74. The largest absolute Gasteiger partial charge is 0.504 e. The normalized spacial score (nSPS) is 12.2. The highest BCUT2D eigenvalue weighted by atomic mass is 16.4. The molecule has 1 aromatic carbocycles. The van der Waals surface area contributed by atoms with Crippen molar-refractivity contribution in [1.29, 1.82) is 0 Å². The van der Waals surface area contributed by atoms with Gasteiger partial charge in [-0.25, -0.2) is 4.79 Å². The number of carbonyl (C=O) groups is 2. The zero-order valence-electron chi connectivity index (χ0n) is 10.8. The van der Waals surface area contributed by atoms with Crippen molar-refractivity contribution >= 4 is 11.9 Å². The lowest BCUT2D eigenvalue weighted by molar-refractivity contribution is -0.139. The van der Waals surface area contributed by atoms with Crippen molar-refractivity contribution in [3.63, 3.8) is 0 Å². The Labute approximate surface area is 110 Å². The van der Waals surface area contributed by atoms with E-state index in [0.717, 1.165) is 0 Å². The molecule has 0 spiro atoms. The third-order valence-electron chi connectivity index (χ3n) is 2.57. The van der Waals surface area contributed by atoms with Gasteiger partial charge in [-0.05, 0) is 24.5 Å². The number of phenolic OH excluding ortho intramolecular Hbond substituents is 2. The minimum atomic E-state index is -1.14. The molecule has 0 aliphatic carbocycles. The van der Waals surface area contributed by atoms with Gasteiger partial charge in [0.1, 0.15) is 6.04 Å². The topological polar surface area (TPSA) is 107 Å². The highest BCUT2D eigenvalue weighted by Crippen LogP contribution is 2.28. The summed E-state index contributed by atoms with van der Waals surface area (Å²) in [6.07, 6.45) is 0.278. The molecule has 0 bridgehead atoms. The Morgan fingerprint density at radius 2 is 1.89 bits per heavy atom. The Hall–Kier alpha value is -2.24. The first-order valence-electron chi connectivity index (χ1n) is 5.87. The molecule has 1 aromatic rings. The van der Waals surface area contributed by atoms with Crippen molar-refractivity contribution in [2.75, 3.05) is 0 Å². The van der Waals surface area contributed by atoms with E-state index in [2.05, 4.69) is 5.32 Å². The van der Waals surface area contributed by atoms with E-state index < -0.39 is 29.4 Å². The fraction of sp³-hybridized carbons (Fsp3) is 0.385. The van der Waals surface area contributed by atoms with Gasteiger partial charge >= 0.3 is 5.97 Å². The highest BCUT2D eigenvalue weighted by Gasteiger charge is 2.23. The predicted molar refractivity (Wildman–Crippen MR) is 68.1 cm³/mol. The van der Waals surface area contributed by atoms with Gasteiger partial charge in [0.25, 0.3) is 5.91 Å². The maximum absolute atomic E-state index is 11.9. The average molecular weight is 267 g/mol. The maximum atomic E-state index is 11.9. The van der Waals surface area contributed by atoms with Crippen molar-refractivity contribution in [2.24, 2.45) is 5.92 Å². The van der Waals surface area contributed by atoms with Crippen LogP contribution in [0.3, 0.4) is 0 Å². The van der Waals surface area contributed by atoms with Crippen molar-refractivity contribution < 1.29 is 24.9 Å². The third kappa shape index (κ3) is 3.87. The van der Waals surface area contributed by atoms with Crippen LogP contribution in [0, 0.1) is 5.92 Å². The summed E-state index contributed by atoms with van der Waals surface area (Å²) in [6.45, 7) is 3.68. The predicted octanol–water partition coefficient (Wildman–Crippen LogP) is 1.33. The molecule has 4 N–H and O–H groups in total. The van der Waals surface area contributed by atoms with Gasteiger partial charge in [0, 0.05) is 0 Å². The van der Waals surface area contributed by atoms with E-state index in [1.165, 1.54) is 18.2 Å². The highest BCUT2D eigenvalue weighted by molar-refractivity contribution is 5.99. The van der Waals surface area contributed by atoms with Gasteiger partial charge in [0.2, 0.25) is 0 Å². The van der Waals surface area contributed by atoms with Crippen LogP contribution in [-0.4, -0.2) is 33.2 Å². The zero-order chi connectivity index (χ0) is 14.6. The summed E-state index contributed by atoms with van der Waals surface area (Å²) < 4.78 is 0. The molecule has 1 rings (SSSR count). The van der Waals surface area contributed by atoms with Crippen molar-refractivity contribution in [2.45, 2.75) is 26.3 Å². The minimum absolute atomic E-state index is 0.0965. The molecule has 0 aromatic heterocycles. The summed E-state index contributed by atoms with van der Waals surface area (Å²) in [5.74, 6) is -2.76. The molecular weight excluding hydrogens is 250 g/mol. The number of aliphatic carboxylic acids is 1. The van der Waals surface area contributed by atoms with Crippen molar-refractivity contribution in [3.8, 4) is 11.5 Å². The number of nitrogens with one attached hydrogen (secondary N) is 1. The summed E-state index contributed by atoms with van der Waals surface area (Å²) in [7, 11) is 0. The lowest BCUT2D eigenvalue weighted by Gasteiger charge is -2.16. The van der Waals surface area contributed by atoms with Crippen LogP contribution in [0.4, 0.5) is 0 Å². The number of carboxylic acids is 1. The molecule has 1 amide bonds. The first kappa shape index (κ1) is 14.8. The number of para-hydroxylation sites is 1. The lowest BCUT2D eigenvalue weighted by atomic mass is 10.0. The minimum Gasteiger partial charge on any atom is -0.504 e. The molecule has 0 saturated carbocycles. The molecule has 0 fully saturated rings. The van der Waals surface area contributed by atoms with Crippen LogP contribution in [0.15, 0.2) is 18.2 Å². The molecule has 6 nitrogen and oxygen atoms in total. The molecule has 19 heavy (non-hydrogen) atoms. The zero-order valence-corrected chi connectivity index (χ0v) is 10.8. The van der Waals surface area contributed by atoms with Gasteiger partial charge in [-0.1, -0.05) is 19.9 Å². The Morgan fingerprint density at radius 3 is 2.42 bits per heavy atom. The average Bonchev–Trinajstić information content (AvgIpc) is 2.31. The van der Waals surface area contributed by atoms with Crippen LogP contribution in [-0.2, 0) is 4.79 Å². The fourth-order valence-corrected chi connectivity index (χ4v) is 1.64. The number of phenols is 2. The standard InChI is InChI=1S/C13H17NO5/c1-7(2)6-9(13(18)19)14-12(17)8-4-3-5-10(15)11(8)16/h3-5,7,9,15-16H,6H2,1-2H3,(H,14,17)(H,18,19)/t9-/m0/s1. The van der Waals surface area contributed by atoms with Gasteiger partial charge in [-0.15, -0.1) is 0 Å². The first-order chi connectivity index (χ1) is 8.82. The van der Waals surface area contributed by atoms with Crippen molar-refractivity contribution in [3.05, 3.63) is 23.8 Å². The van der Waals surface area contributed by atoms with Crippen LogP contribution in [0.5, 0.6) is 11.5 Å². The molecule has 1 atom stereocenters. The first-order valence-corrected chi connectivity index (χ1v) is 5.87. The number of rotatable bonds is 5. The van der Waals surface area contributed by atoms with E-state index in [1.54, 1.807) is 0 Å². The summed E-state index contributed by atoms with van der Waals surface area (Å²) in [4.78, 5) is 22.9. The van der Waals surface area contributed by atoms with Gasteiger partial charge in [0.05, 0.1) is 5.56 Å². The quantitative estimate of drug-likeness (QED) is 0.602. The smallest absolute Gasteiger partial charge is 0.326 e. The van der Waals surface area contributed by atoms with E-state index in [4.69, 9.17) is 5.11 Å².